The molecule has 2 heterocycles. The van der Waals surface area contributed by atoms with E-state index in [-0.39, 0.29) is 6.61 Å². The highest BCUT2D eigenvalue weighted by Crippen LogP contribution is 2.15. The van der Waals surface area contributed by atoms with Crippen molar-refractivity contribution in [2.45, 2.75) is 12.8 Å². The van der Waals surface area contributed by atoms with Gasteiger partial charge in [-0.3, -0.25) is 0 Å². The molecule has 1 aliphatic heterocycles. The molecule has 6 heteroatoms. The zero-order valence-corrected chi connectivity index (χ0v) is 11.5. The highest BCUT2D eigenvalue weighted by atomic mass is 16.3. The molecule has 1 aromatic rings. The van der Waals surface area contributed by atoms with Gasteiger partial charge in [0.1, 0.15) is 18.0 Å². The van der Waals surface area contributed by atoms with E-state index in [1.165, 1.54) is 13.0 Å². The fraction of sp³-hybridized carbons (Fsp3) is 0.692. The summed E-state index contributed by atoms with van der Waals surface area (Å²) in [6.07, 6.45) is 3.53. The summed E-state index contributed by atoms with van der Waals surface area (Å²) in [5, 5.41) is 15.3. The summed E-state index contributed by atoms with van der Waals surface area (Å²) in [6, 6.07) is 1.91. The van der Waals surface area contributed by atoms with Gasteiger partial charge in [0.25, 0.3) is 0 Å². The number of hydrogen-bond acceptors (Lipinski definition) is 6. The summed E-state index contributed by atoms with van der Waals surface area (Å²) in [5.41, 5.74) is 0. The maximum absolute atomic E-state index is 8.74. The van der Waals surface area contributed by atoms with E-state index in [1.54, 1.807) is 6.33 Å². The lowest BCUT2D eigenvalue weighted by Crippen LogP contribution is -2.19. The molecule has 0 bridgehead atoms. The van der Waals surface area contributed by atoms with Gasteiger partial charge in [-0.05, 0) is 32.4 Å². The molecule has 2 rings (SSSR count). The highest BCUT2D eigenvalue weighted by Gasteiger charge is 2.18. The van der Waals surface area contributed by atoms with Crippen LogP contribution in [0.5, 0.6) is 0 Å². The molecule has 106 valence electrons. The third-order valence-electron chi connectivity index (χ3n) is 3.37. The Bertz CT molecular complexity index is 387. The van der Waals surface area contributed by atoms with Crippen LogP contribution >= 0.6 is 0 Å². The number of likely N-dealkylation sites (tertiary alicyclic amines) is 1. The molecule has 0 radical (unpaired) electrons. The maximum atomic E-state index is 8.74. The molecule has 0 spiro atoms. The van der Waals surface area contributed by atoms with Crippen molar-refractivity contribution in [1.29, 1.82) is 0 Å². The van der Waals surface area contributed by atoms with E-state index >= 15 is 0 Å². The first-order valence-corrected chi connectivity index (χ1v) is 6.87. The van der Waals surface area contributed by atoms with Crippen molar-refractivity contribution in [3.05, 3.63) is 12.4 Å². The Hall–Kier alpha value is -1.40. The number of nitrogens with zero attached hydrogens (tertiary/aromatic N) is 3. The minimum absolute atomic E-state index is 0.193. The zero-order chi connectivity index (χ0) is 13.5. The van der Waals surface area contributed by atoms with Gasteiger partial charge < -0.3 is 20.6 Å². The fourth-order valence-electron chi connectivity index (χ4n) is 2.29. The minimum Gasteiger partial charge on any atom is -0.396 e. The van der Waals surface area contributed by atoms with E-state index in [0.29, 0.717) is 5.92 Å². The molecule has 1 aromatic heterocycles. The Morgan fingerprint density at radius 2 is 2.16 bits per heavy atom. The van der Waals surface area contributed by atoms with Gasteiger partial charge in [-0.1, -0.05) is 0 Å². The Morgan fingerprint density at radius 3 is 2.84 bits per heavy atom. The molecule has 0 aliphatic carbocycles. The molecule has 19 heavy (non-hydrogen) atoms. The predicted molar refractivity (Wildman–Crippen MR) is 76.3 cm³/mol. The van der Waals surface area contributed by atoms with Crippen molar-refractivity contribution in [2.24, 2.45) is 5.92 Å². The van der Waals surface area contributed by atoms with E-state index < -0.39 is 0 Å². The number of rotatable bonds is 7. The lowest BCUT2D eigenvalue weighted by Gasteiger charge is -2.12. The molecule has 1 fully saturated rings. The van der Waals surface area contributed by atoms with Crippen LogP contribution in [0.15, 0.2) is 12.4 Å². The third kappa shape index (κ3) is 4.65. The summed E-state index contributed by atoms with van der Waals surface area (Å²) in [4.78, 5) is 10.7. The molecule has 0 saturated carbocycles. The topological polar surface area (TPSA) is 73.3 Å². The SMILES string of the molecule is CN1CCC(CNc2cc(NCCCO)ncn2)C1. The number of nitrogens with one attached hydrogen (secondary N) is 2. The van der Waals surface area contributed by atoms with Crippen molar-refractivity contribution in [3.63, 3.8) is 0 Å². The van der Waals surface area contributed by atoms with Gasteiger partial charge in [-0.15, -0.1) is 0 Å². The van der Waals surface area contributed by atoms with E-state index in [9.17, 15) is 0 Å². The van der Waals surface area contributed by atoms with Gasteiger partial charge in [-0.25, -0.2) is 9.97 Å². The molecule has 1 atom stereocenters. The molecule has 1 aliphatic rings. The van der Waals surface area contributed by atoms with Crippen LogP contribution < -0.4 is 10.6 Å². The van der Waals surface area contributed by atoms with Crippen LogP contribution in [0.25, 0.3) is 0 Å². The molecule has 0 aromatic carbocycles. The average molecular weight is 265 g/mol. The lowest BCUT2D eigenvalue weighted by atomic mass is 10.1. The number of aromatic nitrogens is 2. The summed E-state index contributed by atoms with van der Waals surface area (Å²) < 4.78 is 0. The maximum Gasteiger partial charge on any atom is 0.131 e. The zero-order valence-electron chi connectivity index (χ0n) is 11.5. The van der Waals surface area contributed by atoms with Gasteiger partial charge in [-0.2, -0.15) is 0 Å². The second-order valence-corrected chi connectivity index (χ2v) is 5.09. The average Bonchev–Trinajstić information content (AvgIpc) is 2.83. The Labute approximate surface area is 114 Å². The quantitative estimate of drug-likeness (QED) is 0.628. The second kappa shape index (κ2) is 7.25. The Balaban J connectivity index is 1.78. The lowest BCUT2D eigenvalue weighted by molar-refractivity contribution is 0.292. The minimum atomic E-state index is 0.193. The fourth-order valence-corrected chi connectivity index (χ4v) is 2.29. The first-order chi connectivity index (χ1) is 9.28. The Kier molecular flexibility index (Phi) is 5.35. The van der Waals surface area contributed by atoms with Crippen molar-refractivity contribution in [2.75, 3.05) is 50.5 Å². The Morgan fingerprint density at radius 1 is 1.37 bits per heavy atom. The predicted octanol–water partition coefficient (Wildman–Crippen LogP) is 0.634. The van der Waals surface area contributed by atoms with Crippen LogP contribution in [0, 0.1) is 5.92 Å². The highest BCUT2D eigenvalue weighted by molar-refractivity contribution is 5.46. The smallest absolute Gasteiger partial charge is 0.131 e. The molecule has 1 saturated heterocycles. The second-order valence-electron chi connectivity index (χ2n) is 5.09. The van der Waals surface area contributed by atoms with Crippen LogP contribution in [0.1, 0.15) is 12.8 Å². The van der Waals surface area contributed by atoms with Crippen LogP contribution in [-0.4, -0.2) is 59.8 Å². The van der Waals surface area contributed by atoms with Gasteiger partial charge >= 0.3 is 0 Å². The summed E-state index contributed by atoms with van der Waals surface area (Å²) in [6.45, 7) is 4.21. The molecule has 0 amide bonds. The number of anilines is 2. The van der Waals surface area contributed by atoms with E-state index in [0.717, 1.165) is 37.7 Å². The number of aliphatic hydroxyl groups excluding tert-OH is 1. The molecular formula is C13H23N5O. The summed E-state index contributed by atoms with van der Waals surface area (Å²) in [7, 11) is 2.16. The monoisotopic (exact) mass is 265 g/mol. The van der Waals surface area contributed by atoms with E-state index in [4.69, 9.17) is 5.11 Å². The first kappa shape index (κ1) is 14.0. The normalized spacial score (nSPS) is 19.6. The molecule has 3 N–H and O–H groups in total. The summed E-state index contributed by atoms with van der Waals surface area (Å²) >= 11 is 0. The van der Waals surface area contributed by atoms with Crippen LogP contribution in [0.2, 0.25) is 0 Å². The van der Waals surface area contributed by atoms with Gasteiger partial charge in [0.15, 0.2) is 0 Å². The van der Waals surface area contributed by atoms with E-state index in [2.05, 4.69) is 32.5 Å². The standard InChI is InChI=1S/C13H23N5O/c1-18-5-3-11(9-18)8-15-13-7-12(16-10-17-13)14-4-2-6-19/h7,10-11,19H,2-6,8-9H2,1H3,(H2,14,15,16,17). The van der Waals surface area contributed by atoms with E-state index in [1.807, 2.05) is 6.07 Å². The third-order valence-corrected chi connectivity index (χ3v) is 3.37. The van der Waals surface area contributed by atoms with Crippen LogP contribution in [0.4, 0.5) is 11.6 Å². The van der Waals surface area contributed by atoms with Crippen LogP contribution in [-0.2, 0) is 0 Å². The largest absolute Gasteiger partial charge is 0.396 e. The van der Waals surface area contributed by atoms with Crippen molar-refractivity contribution < 1.29 is 5.11 Å². The van der Waals surface area contributed by atoms with Crippen molar-refractivity contribution in [3.8, 4) is 0 Å². The van der Waals surface area contributed by atoms with Crippen molar-refractivity contribution in [1.82, 2.24) is 14.9 Å². The van der Waals surface area contributed by atoms with Gasteiger partial charge in [0, 0.05) is 32.3 Å². The van der Waals surface area contributed by atoms with Crippen LogP contribution in [0.3, 0.4) is 0 Å². The molecule has 1 unspecified atom stereocenters. The van der Waals surface area contributed by atoms with Crippen molar-refractivity contribution >= 4 is 11.6 Å². The number of hydrogen-bond donors (Lipinski definition) is 3. The van der Waals surface area contributed by atoms with Gasteiger partial charge in [0.2, 0.25) is 0 Å². The first-order valence-electron chi connectivity index (χ1n) is 6.87. The molecule has 6 nitrogen and oxygen atoms in total. The van der Waals surface area contributed by atoms with Gasteiger partial charge in [0.05, 0.1) is 0 Å². The molecular weight excluding hydrogens is 242 g/mol. The number of aliphatic hydroxyl groups is 1. The summed E-state index contributed by atoms with van der Waals surface area (Å²) in [5.74, 6) is 2.36.